The van der Waals surface area contributed by atoms with Gasteiger partial charge in [-0.25, -0.2) is 8.42 Å². The van der Waals surface area contributed by atoms with Crippen molar-refractivity contribution in [1.29, 1.82) is 0 Å². The van der Waals surface area contributed by atoms with E-state index in [2.05, 4.69) is 10.6 Å². The van der Waals surface area contributed by atoms with Crippen molar-refractivity contribution in [3.05, 3.63) is 54.1 Å². The van der Waals surface area contributed by atoms with Crippen LogP contribution in [-0.4, -0.2) is 50.8 Å². The topological polar surface area (TPSA) is 105 Å². The number of sulfonamides is 1. The van der Waals surface area contributed by atoms with E-state index in [1.807, 2.05) is 6.92 Å². The number of hydrogen-bond donors (Lipinski definition) is 2. The number of hydrogen-bond acceptors (Lipinski definition) is 5. The highest BCUT2D eigenvalue weighted by Gasteiger charge is 2.39. The van der Waals surface area contributed by atoms with Crippen molar-refractivity contribution in [2.75, 3.05) is 30.9 Å². The van der Waals surface area contributed by atoms with Crippen LogP contribution >= 0.6 is 0 Å². The van der Waals surface area contributed by atoms with E-state index < -0.39 is 16.1 Å². The minimum Gasteiger partial charge on any atom is -0.375 e. The maximum Gasteiger partial charge on any atom is 0.250 e. The van der Waals surface area contributed by atoms with E-state index in [1.165, 1.54) is 11.4 Å². The Bertz CT molecular complexity index is 1000. The van der Waals surface area contributed by atoms with E-state index in [1.54, 1.807) is 48.5 Å². The largest absolute Gasteiger partial charge is 0.375 e. The Balaban J connectivity index is 1.68. The fourth-order valence-electron chi connectivity index (χ4n) is 3.33. The third kappa shape index (κ3) is 5.05. The van der Waals surface area contributed by atoms with Crippen molar-refractivity contribution < 1.29 is 22.7 Å². The molecule has 1 aliphatic rings. The lowest BCUT2D eigenvalue weighted by Gasteiger charge is -2.23. The molecule has 2 aromatic rings. The van der Waals surface area contributed by atoms with Crippen LogP contribution in [0.5, 0.6) is 0 Å². The Morgan fingerprint density at radius 3 is 2.23 bits per heavy atom. The molecule has 0 bridgehead atoms. The summed E-state index contributed by atoms with van der Waals surface area (Å²) < 4.78 is 32.1. The van der Waals surface area contributed by atoms with Gasteiger partial charge in [0.25, 0.3) is 0 Å². The summed E-state index contributed by atoms with van der Waals surface area (Å²) in [7, 11) is -2.32. The molecule has 1 aliphatic heterocycles. The average molecular weight is 432 g/mol. The second kappa shape index (κ2) is 9.38. The van der Waals surface area contributed by atoms with E-state index in [9.17, 15) is 18.0 Å². The molecule has 2 amide bonds. The first-order valence-electron chi connectivity index (χ1n) is 9.59. The lowest BCUT2D eigenvalue weighted by atomic mass is 10.2. The molecule has 1 saturated heterocycles. The molecule has 2 N–H and O–H groups in total. The van der Waals surface area contributed by atoms with Crippen LogP contribution in [0.1, 0.15) is 18.4 Å². The first-order valence-corrected chi connectivity index (χ1v) is 11.0. The molecule has 8 nitrogen and oxygen atoms in total. The van der Waals surface area contributed by atoms with Crippen LogP contribution in [0.2, 0.25) is 0 Å². The number of carbonyl (C=O) groups is 2. The fraction of sp³-hybridized carbons (Fsp3) is 0.333. The van der Waals surface area contributed by atoms with Crippen LogP contribution in [0, 0.1) is 6.92 Å². The summed E-state index contributed by atoms with van der Waals surface area (Å²) in [4.78, 5) is 24.5. The number of ether oxygens (including phenoxy) is 1. The molecular formula is C21H25N3O5S. The van der Waals surface area contributed by atoms with Crippen LogP contribution in [0.3, 0.4) is 0 Å². The molecular weight excluding hydrogens is 406 g/mol. The molecule has 0 spiro atoms. The predicted octanol–water partition coefficient (Wildman–Crippen LogP) is 2.37. The third-order valence-corrected chi connectivity index (χ3v) is 6.77. The molecule has 2 aromatic carbocycles. The van der Waals surface area contributed by atoms with Crippen molar-refractivity contribution in [2.24, 2.45) is 0 Å². The first-order chi connectivity index (χ1) is 14.3. The Morgan fingerprint density at radius 2 is 1.63 bits per heavy atom. The number of nitrogens with one attached hydrogen (secondary N) is 2. The molecule has 160 valence electrons. The SMILES string of the molecule is COCC(=O)Nc1ccc(NC(=O)[C@@H]2CCCN2S(=O)(=O)c2ccc(C)cc2)cc1. The molecule has 0 aromatic heterocycles. The zero-order valence-electron chi connectivity index (χ0n) is 16.9. The summed E-state index contributed by atoms with van der Waals surface area (Å²) in [5.74, 6) is -0.656. The zero-order valence-corrected chi connectivity index (χ0v) is 17.7. The highest BCUT2D eigenvalue weighted by molar-refractivity contribution is 7.89. The molecule has 0 unspecified atom stereocenters. The van der Waals surface area contributed by atoms with E-state index >= 15 is 0 Å². The van der Waals surface area contributed by atoms with E-state index in [-0.39, 0.29) is 23.3 Å². The van der Waals surface area contributed by atoms with Crippen LogP contribution in [-0.2, 0) is 24.3 Å². The van der Waals surface area contributed by atoms with Crippen LogP contribution in [0.4, 0.5) is 11.4 Å². The number of nitrogens with zero attached hydrogens (tertiary/aromatic N) is 1. The minimum atomic E-state index is -3.75. The van der Waals surface area contributed by atoms with Crippen LogP contribution in [0.25, 0.3) is 0 Å². The average Bonchev–Trinajstić information content (AvgIpc) is 3.21. The van der Waals surface area contributed by atoms with Gasteiger partial charge < -0.3 is 15.4 Å². The maximum atomic E-state index is 13.0. The summed E-state index contributed by atoms with van der Waals surface area (Å²) >= 11 is 0. The van der Waals surface area contributed by atoms with E-state index in [4.69, 9.17) is 4.74 Å². The number of amides is 2. The molecule has 0 radical (unpaired) electrons. The van der Waals surface area contributed by atoms with Gasteiger partial charge >= 0.3 is 0 Å². The lowest BCUT2D eigenvalue weighted by Crippen LogP contribution is -2.43. The van der Waals surface area contributed by atoms with Gasteiger partial charge in [0.05, 0.1) is 4.90 Å². The number of rotatable bonds is 7. The van der Waals surface area contributed by atoms with Gasteiger partial charge in [-0.05, 0) is 56.2 Å². The molecule has 0 saturated carbocycles. The van der Waals surface area contributed by atoms with Crippen LogP contribution < -0.4 is 10.6 Å². The highest BCUT2D eigenvalue weighted by atomic mass is 32.2. The van der Waals surface area contributed by atoms with Gasteiger partial charge in [-0.3, -0.25) is 9.59 Å². The molecule has 1 heterocycles. The standard InChI is InChI=1S/C21H25N3O5S/c1-15-5-11-18(12-6-15)30(27,28)24-13-3-4-19(24)21(26)23-17-9-7-16(8-10-17)22-20(25)14-29-2/h5-12,19H,3-4,13-14H2,1-2H3,(H,22,25)(H,23,26)/t19-/m0/s1. The summed E-state index contributed by atoms with van der Waals surface area (Å²) in [5, 5.41) is 5.43. The minimum absolute atomic E-state index is 0.0501. The zero-order chi connectivity index (χ0) is 21.7. The monoisotopic (exact) mass is 431 g/mol. The van der Waals surface area contributed by atoms with E-state index in [0.29, 0.717) is 30.8 Å². The second-order valence-corrected chi connectivity index (χ2v) is 9.03. The Labute approximate surface area is 176 Å². The number of carbonyl (C=O) groups excluding carboxylic acids is 2. The highest BCUT2D eigenvalue weighted by Crippen LogP contribution is 2.27. The Hall–Kier alpha value is -2.75. The maximum absolute atomic E-state index is 13.0. The van der Waals surface area contributed by atoms with Gasteiger partial charge in [0.1, 0.15) is 12.6 Å². The first kappa shape index (κ1) is 21.9. The molecule has 30 heavy (non-hydrogen) atoms. The quantitative estimate of drug-likeness (QED) is 0.700. The normalized spacial score (nSPS) is 16.9. The molecule has 1 atom stereocenters. The third-order valence-electron chi connectivity index (χ3n) is 4.85. The van der Waals surface area contributed by atoms with Gasteiger partial charge in [0, 0.05) is 25.0 Å². The Morgan fingerprint density at radius 1 is 1.03 bits per heavy atom. The van der Waals surface area contributed by atoms with Crippen molar-refractivity contribution in [3.63, 3.8) is 0 Å². The molecule has 0 aliphatic carbocycles. The number of benzene rings is 2. The summed E-state index contributed by atoms with van der Waals surface area (Å²) in [5.41, 5.74) is 2.05. The molecule has 9 heteroatoms. The van der Waals surface area contributed by atoms with Crippen LogP contribution in [0.15, 0.2) is 53.4 Å². The van der Waals surface area contributed by atoms with Gasteiger partial charge in [-0.1, -0.05) is 17.7 Å². The lowest BCUT2D eigenvalue weighted by molar-refractivity contribution is -0.120. The predicted molar refractivity (Wildman–Crippen MR) is 114 cm³/mol. The summed E-state index contributed by atoms with van der Waals surface area (Å²) in [6.45, 7) is 2.14. The number of aryl methyl sites for hydroxylation is 1. The van der Waals surface area contributed by atoms with Crippen molar-refractivity contribution >= 4 is 33.2 Å². The summed E-state index contributed by atoms with van der Waals surface area (Å²) in [6.07, 6.45) is 1.08. The van der Waals surface area contributed by atoms with Crippen molar-refractivity contribution in [3.8, 4) is 0 Å². The van der Waals surface area contributed by atoms with Gasteiger partial charge in [0.15, 0.2) is 0 Å². The fourth-order valence-corrected chi connectivity index (χ4v) is 4.98. The van der Waals surface area contributed by atoms with E-state index in [0.717, 1.165) is 5.56 Å². The number of anilines is 2. The van der Waals surface area contributed by atoms with Crippen molar-refractivity contribution in [1.82, 2.24) is 4.31 Å². The Kier molecular flexibility index (Phi) is 6.86. The van der Waals surface area contributed by atoms with Crippen molar-refractivity contribution in [2.45, 2.75) is 30.7 Å². The number of methoxy groups -OCH3 is 1. The molecule has 1 fully saturated rings. The van der Waals surface area contributed by atoms with Gasteiger partial charge in [-0.2, -0.15) is 4.31 Å². The second-order valence-electron chi connectivity index (χ2n) is 7.13. The summed E-state index contributed by atoms with van der Waals surface area (Å²) in [6, 6.07) is 12.4. The molecule has 3 rings (SSSR count). The van der Waals surface area contributed by atoms with Gasteiger partial charge in [-0.15, -0.1) is 0 Å². The smallest absolute Gasteiger partial charge is 0.250 e. The van der Waals surface area contributed by atoms with Gasteiger partial charge in [0.2, 0.25) is 21.8 Å².